The minimum Gasteiger partial charge on any atom is -0.489 e. The minimum atomic E-state index is 0.576. The third-order valence-electron chi connectivity index (χ3n) is 4.97. The van der Waals surface area contributed by atoms with Crippen LogP contribution in [0.4, 0.5) is 17.1 Å². The molecule has 0 spiro atoms. The maximum absolute atomic E-state index is 5.90. The van der Waals surface area contributed by atoms with Crippen LogP contribution >= 0.6 is 0 Å². The van der Waals surface area contributed by atoms with Crippen molar-refractivity contribution < 1.29 is 4.74 Å². The molecule has 0 amide bonds. The first kappa shape index (κ1) is 19.6. The molecule has 0 aliphatic carbocycles. The van der Waals surface area contributed by atoms with Gasteiger partial charge in [0.2, 0.25) is 0 Å². The number of ether oxygens (including phenoxy) is 1. The van der Waals surface area contributed by atoms with Crippen molar-refractivity contribution in [2.24, 2.45) is 0 Å². The van der Waals surface area contributed by atoms with Gasteiger partial charge < -0.3 is 15.0 Å². The normalized spacial score (nSPS) is 10.5. The second-order valence-corrected chi connectivity index (χ2v) is 7.45. The van der Waals surface area contributed by atoms with Gasteiger partial charge >= 0.3 is 0 Å². The zero-order chi connectivity index (χ0) is 20.8. The van der Waals surface area contributed by atoms with Gasteiger partial charge in [-0.05, 0) is 65.2 Å². The summed E-state index contributed by atoms with van der Waals surface area (Å²) >= 11 is 0. The van der Waals surface area contributed by atoms with Gasteiger partial charge in [-0.25, -0.2) is 0 Å². The molecule has 0 saturated heterocycles. The predicted octanol–water partition coefficient (Wildman–Crippen LogP) is 6.74. The molecule has 3 nitrogen and oxygen atoms in total. The molecule has 4 rings (SSSR count). The van der Waals surface area contributed by atoms with E-state index >= 15 is 0 Å². The summed E-state index contributed by atoms with van der Waals surface area (Å²) in [7, 11) is 4.09. The van der Waals surface area contributed by atoms with Crippen molar-refractivity contribution in [1.82, 2.24) is 0 Å². The first-order chi connectivity index (χ1) is 14.7. The summed E-state index contributed by atoms with van der Waals surface area (Å²) in [5.41, 5.74) is 6.81. The highest BCUT2D eigenvalue weighted by atomic mass is 16.5. The summed E-state index contributed by atoms with van der Waals surface area (Å²) in [6.07, 6.45) is 0. The summed E-state index contributed by atoms with van der Waals surface area (Å²) in [6.45, 7) is 0.576. The molecule has 150 valence electrons. The smallest absolute Gasteiger partial charge is 0.119 e. The quantitative estimate of drug-likeness (QED) is 0.375. The Hall–Kier alpha value is -3.72. The van der Waals surface area contributed by atoms with Crippen molar-refractivity contribution in [3.8, 4) is 16.9 Å². The number of nitrogens with zero attached hydrogens (tertiary/aromatic N) is 1. The lowest BCUT2D eigenvalue weighted by atomic mass is 10.0. The van der Waals surface area contributed by atoms with Crippen molar-refractivity contribution in [2.75, 3.05) is 24.3 Å². The summed E-state index contributed by atoms with van der Waals surface area (Å²) in [6, 6.07) is 35.3. The summed E-state index contributed by atoms with van der Waals surface area (Å²) < 4.78 is 5.90. The maximum atomic E-state index is 5.90. The van der Waals surface area contributed by atoms with Crippen LogP contribution in [0, 0.1) is 0 Å². The average molecular weight is 395 g/mol. The third-order valence-corrected chi connectivity index (χ3v) is 4.97. The zero-order valence-corrected chi connectivity index (χ0v) is 17.4. The van der Waals surface area contributed by atoms with Gasteiger partial charge in [0.05, 0.1) is 0 Å². The molecule has 0 aromatic heterocycles. The van der Waals surface area contributed by atoms with E-state index < -0.39 is 0 Å². The number of rotatable bonds is 7. The lowest BCUT2D eigenvalue weighted by molar-refractivity contribution is 0.306. The Bertz CT molecular complexity index is 1070. The SMILES string of the molecule is CN(C)c1ccc(Nc2cccc(-c3ccc(OCc4ccccc4)cc3)c2)cc1. The van der Waals surface area contributed by atoms with E-state index in [1.165, 1.54) is 16.8 Å². The highest BCUT2D eigenvalue weighted by Crippen LogP contribution is 2.27. The lowest BCUT2D eigenvalue weighted by Crippen LogP contribution is -2.08. The zero-order valence-electron chi connectivity index (χ0n) is 17.4. The van der Waals surface area contributed by atoms with Crippen LogP contribution in [0.3, 0.4) is 0 Å². The predicted molar refractivity (Wildman–Crippen MR) is 127 cm³/mol. The van der Waals surface area contributed by atoms with Crippen molar-refractivity contribution in [1.29, 1.82) is 0 Å². The fraction of sp³-hybridized carbons (Fsp3) is 0.111. The second kappa shape index (κ2) is 9.19. The fourth-order valence-corrected chi connectivity index (χ4v) is 3.27. The largest absolute Gasteiger partial charge is 0.489 e. The minimum absolute atomic E-state index is 0.576. The molecule has 0 unspecified atom stereocenters. The first-order valence-corrected chi connectivity index (χ1v) is 10.1. The Morgan fingerprint density at radius 1 is 0.667 bits per heavy atom. The highest BCUT2D eigenvalue weighted by Gasteiger charge is 2.03. The molecule has 0 bridgehead atoms. The second-order valence-electron chi connectivity index (χ2n) is 7.45. The molecular weight excluding hydrogens is 368 g/mol. The van der Waals surface area contributed by atoms with Crippen LogP contribution in [0.5, 0.6) is 5.75 Å². The Morgan fingerprint density at radius 2 is 1.40 bits per heavy atom. The van der Waals surface area contributed by atoms with E-state index in [2.05, 4.69) is 83.0 Å². The van der Waals surface area contributed by atoms with Gasteiger partial charge in [0.1, 0.15) is 12.4 Å². The molecule has 0 aliphatic rings. The van der Waals surface area contributed by atoms with Crippen LogP contribution in [0.1, 0.15) is 5.56 Å². The summed E-state index contributed by atoms with van der Waals surface area (Å²) in [4.78, 5) is 2.09. The topological polar surface area (TPSA) is 24.5 Å². The molecular formula is C27H26N2O. The van der Waals surface area contributed by atoms with Gasteiger partial charge in [0.25, 0.3) is 0 Å². The van der Waals surface area contributed by atoms with E-state index in [9.17, 15) is 0 Å². The van der Waals surface area contributed by atoms with Crippen LogP contribution in [0.2, 0.25) is 0 Å². The molecule has 0 radical (unpaired) electrons. The monoisotopic (exact) mass is 394 g/mol. The van der Waals surface area contributed by atoms with Crippen molar-refractivity contribution in [3.05, 3.63) is 109 Å². The summed E-state index contributed by atoms with van der Waals surface area (Å²) in [5.74, 6) is 0.873. The van der Waals surface area contributed by atoms with E-state index in [-0.39, 0.29) is 0 Å². The fourth-order valence-electron chi connectivity index (χ4n) is 3.27. The maximum Gasteiger partial charge on any atom is 0.119 e. The van der Waals surface area contributed by atoms with E-state index in [1.54, 1.807) is 0 Å². The highest BCUT2D eigenvalue weighted by molar-refractivity contribution is 5.71. The van der Waals surface area contributed by atoms with E-state index in [0.717, 1.165) is 22.7 Å². The van der Waals surface area contributed by atoms with Gasteiger partial charge in [-0.15, -0.1) is 0 Å². The lowest BCUT2D eigenvalue weighted by Gasteiger charge is -2.14. The average Bonchev–Trinajstić information content (AvgIpc) is 2.79. The molecule has 4 aromatic rings. The van der Waals surface area contributed by atoms with Crippen LogP contribution in [0.25, 0.3) is 11.1 Å². The molecule has 0 fully saturated rings. The van der Waals surface area contributed by atoms with Gasteiger partial charge in [0, 0.05) is 31.2 Å². The van der Waals surface area contributed by atoms with Crippen LogP contribution in [-0.2, 0) is 6.61 Å². The Labute approximate surface area is 178 Å². The third kappa shape index (κ3) is 5.00. The van der Waals surface area contributed by atoms with Gasteiger partial charge in [-0.2, -0.15) is 0 Å². The van der Waals surface area contributed by atoms with E-state index in [0.29, 0.717) is 6.61 Å². The Morgan fingerprint density at radius 3 is 2.10 bits per heavy atom. The standard InChI is InChI=1S/C27H26N2O/c1-29(2)26-15-13-24(14-16-26)28-25-10-6-9-23(19-25)22-11-17-27(18-12-22)30-20-21-7-4-3-5-8-21/h3-19,28H,20H2,1-2H3. The van der Waals surface area contributed by atoms with Crippen LogP contribution in [0.15, 0.2) is 103 Å². The Balaban J connectivity index is 1.42. The van der Waals surface area contributed by atoms with E-state index in [4.69, 9.17) is 4.74 Å². The van der Waals surface area contributed by atoms with Crippen molar-refractivity contribution in [3.63, 3.8) is 0 Å². The van der Waals surface area contributed by atoms with Crippen molar-refractivity contribution >= 4 is 17.1 Å². The molecule has 3 heteroatoms. The number of hydrogen-bond acceptors (Lipinski definition) is 3. The molecule has 1 N–H and O–H groups in total. The number of anilines is 3. The molecule has 0 heterocycles. The molecule has 0 saturated carbocycles. The number of benzene rings is 4. The van der Waals surface area contributed by atoms with E-state index in [1.807, 2.05) is 44.4 Å². The molecule has 0 aliphatic heterocycles. The number of nitrogens with one attached hydrogen (secondary N) is 1. The first-order valence-electron chi connectivity index (χ1n) is 10.1. The van der Waals surface area contributed by atoms with Gasteiger partial charge in [0.15, 0.2) is 0 Å². The van der Waals surface area contributed by atoms with Crippen molar-refractivity contribution in [2.45, 2.75) is 6.61 Å². The van der Waals surface area contributed by atoms with Gasteiger partial charge in [-0.1, -0.05) is 54.6 Å². The summed E-state index contributed by atoms with van der Waals surface area (Å²) in [5, 5.41) is 3.49. The molecule has 0 atom stereocenters. The molecule has 30 heavy (non-hydrogen) atoms. The van der Waals surface area contributed by atoms with Crippen LogP contribution in [-0.4, -0.2) is 14.1 Å². The molecule has 4 aromatic carbocycles. The van der Waals surface area contributed by atoms with Crippen LogP contribution < -0.4 is 15.0 Å². The Kier molecular flexibility index (Phi) is 6.00. The number of hydrogen-bond donors (Lipinski definition) is 1. The van der Waals surface area contributed by atoms with Gasteiger partial charge in [-0.3, -0.25) is 0 Å².